The fourth-order valence-electron chi connectivity index (χ4n) is 3.23. The molecule has 1 unspecified atom stereocenters. The van der Waals surface area contributed by atoms with Crippen LogP contribution in [-0.4, -0.2) is 34.7 Å². The highest BCUT2D eigenvalue weighted by Crippen LogP contribution is 2.45. The lowest BCUT2D eigenvalue weighted by Gasteiger charge is -2.23. The molecule has 1 atom stereocenters. The topological polar surface area (TPSA) is 66.5 Å². The largest absolute Gasteiger partial charge is 0.352 e. The Labute approximate surface area is 164 Å². The van der Waals surface area contributed by atoms with E-state index in [4.69, 9.17) is 46.4 Å². The summed E-state index contributed by atoms with van der Waals surface area (Å²) in [5.74, 6) is -1.81. The third-order valence-corrected chi connectivity index (χ3v) is 6.40. The minimum Gasteiger partial charge on any atom is -0.352 e. The SMILES string of the molecule is CC(C(=O)NC1CCCC1)N1C(=O)c2c(Cl)c(Cl)c(Cl)c(Cl)c2C1=O. The summed E-state index contributed by atoms with van der Waals surface area (Å²) in [5.41, 5.74) is -0.238. The van der Waals surface area contributed by atoms with Crippen molar-refractivity contribution < 1.29 is 14.4 Å². The normalized spacial score (nSPS) is 18.7. The van der Waals surface area contributed by atoms with Gasteiger partial charge in [-0.3, -0.25) is 19.3 Å². The second kappa shape index (κ2) is 6.95. The molecule has 2 aliphatic rings. The lowest BCUT2D eigenvalue weighted by atomic mass is 10.1. The Balaban J connectivity index is 1.93. The van der Waals surface area contributed by atoms with Crippen molar-refractivity contribution in [2.45, 2.75) is 44.7 Å². The molecule has 3 amide bonds. The molecule has 25 heavy (non-hydrogen) atoms. The van der Waals surface area contributed by atoms with Crippen LogP contribution in [0, 0.1) is 0 Å². The number of fused-ring (bicyclic) bond motifs is 1. The number of carbonyl (C=O) groups excluding carboxylic acids is 3. The molecule has 1 aliphatic heterocycles. The second-order valence-corrected chi connectivity index (χ2v) is 7.66. The molecule has 0 aromatic heterocycles. The van der Waals surface area contributed by atoms with Crippen molar-refractivity contribution in [3.63, 3.8) is 0 Å². The third-order valence-electron chi connectivity index (χ3n) is 4.60. The molecule has 1 heterocycles. The van der Waals surface area contributed by atoms with Crippen LogP contribution in [0.15, 0.2) is 0 Å². The van der Waals surface area contributed by atoms with Gasteiger partial charge in [0.2, 0.25) is 5.91 Å². The molecule has 0 radical (unpaired) electrons. The van der Waals surface area contributed by atoms with Gasteiger partial charge in [0, 0.05) is 6.04 Å². The summed E-state index contributed by atoms with van der Waals surface area (Å²) >= 11 is 24.1. The molecule has 1 saturated carbocycles. The molecule has 1 N–H and O–H groups in total. The van der Waals surface area contributed by atoms with Crippen LogP contribution in [0.2, 0.25) is 20.1 Å². The fraction of sp³-hybridized carbons (Fsp3) is 0.438. The Bertz CT molecular complexity index is 743. The smallest absolute Gasteiger partial charge is 0.263 e. The lowest BCUT2D eigenvalue weighted by Crippen LogP contribution is -2.49. The van der Waals surface area contributed by atoms with Gasteiger partial charge in [-0.2, -0.15) is 0 Å². The number of nitrogens with zero attached hydrogens (tertiary/aromatic N) is 1. The lowest BCUT2D eigenvalue weighted by molar-refractivity contribution is -0.125. The zero-order valence-corrected chi connectivity index (χ0v) is 16.2. The standard InChI is InChI=1S/C16H14Cl4N2O3/c1-6(14(23)21-7-4-2-3-5-7)22-15(24)8-9(16(22)25)11(18)13(20)12(19)10(8)17/h6-7H,2-5H2,1H3,(H,21,23). The summed E-state index contributed by atoms with van der Waals surface area (Å²) in [4.78, 5) is 38.7. The number of amides is 3. The Morgan fingerprint density at radius 3 is 1.84 bits per heavy atom. The van der Waals surface area contributed by atoms with E-state index in [2.05, 4.69) is 5.32 Å². The van der Waals surface area contributed by atoms with E-state index in [1.54, 1.807) is 0 Å². The van der Waals surface area contributed by atoms with Crippen LogP contribution >= 0.6 is 46.4 Å². The van der Waals surface area contributed by atoms with Gasteiger partial charge in [0.25, 0.3) is 11.8 Å². The van der Waals surface area contributed by atoms with E-state index in [-0.39, 0.29) is 37.3 Å². The van der Waals surface area contributed by atoms with Crippen molar-refractivity contribution >= 4 is 64.1 Å². The van der Waals surface area contributed by atoms with Crippen molar-refractivity contribution in [3.05, 3.63) is 31.2 Å². The Morgan fingerprint density at radius 2 is 1.40 bits per heavy atom. The first-order chi connectivity index (χ1) is 11.8. The van der Waals surface area contributed by atoms with E-state index in [1.807, 2.05) is 0 Å². The molecule has 1 fully saturated rings. The van der Waals surface area contributed by atoms with Crippen molar-refractivity contribution in [3.8, 4) is 0 Å². The van der Waals surface area contributed by atoms with Gasteiger partial charge in [0.1, 0.15) is 6.04 Å². The average molecular weight is 424 g/mol. The average Bonchev–Trinajstić information content (AvgIpc) is 3.16. The van der Waals surface area contributed by atoms with E-state index in [0.717, 1.165) is 30.6 Å². The number of hydrogen-bond acceptors (Lipinski definition) is 3. The van der Waals surface area contributed by atoms with Gasteiger partial charge in [-0.15, -0.1) is 0 Å². The Kier molecular flexibility index (Phi) is 5.22. The van der Waals surface area contributed by atoms with Gasteiger partial charge < -0.3 is 5.32 Å². The van der Waals surface area contributed by atoms with Crippen LogP contribution in [0.25, 0.3) is 0 Å². The highest BCUT2D eigenvalue weighted by atomic mass is 35.5. The minimum absolute atomic E-state index is 0.0706. The molecule has 134 valence electrons. The first-order valence-electron chi connectivity index (χ1n) is 7.79. The monoisotopic (exact) mass is 422 g/mol. The molecule has 0 saturated heterocycles. The summed E-state index contributed by atoms with van der Waals surface area (Å²) in [6.07, 6.45) is 3.88. The molecule has 9 heteroatoms. The predicted molar refractivity (Wildman–Crippen MR) is 96.8 cm³/mol. The maximum Gasteiger partial charge on any atom is 0.263 e. The van der Waals surface area contributed by atoms with Crippen molar-refractivity contribution in [1.82, 2.24) is 10.2 Å². The first-order valence-corrected chi connectivity index (χ1v) is 9.31. The van der Waals surface area contributed by atoms with Crippen molar-refractivity contribution in [2.24, 2.45) is 0 Å². The van der Waals surface area contributed by atoms with Gasteiger partial charge in [-0.25, -0.2) is 0 Å². The van der Waals surface area contributed by atoms with E-state index < -0.39 is 23.8 Å². The molecule has 0 bridgehead atoms. The Hall–Kier alpha value is -1.01. The van der Waals surface area contributed by atoms with Crippen molar-refractivity contribution in [1.29, 1.82) is 0 Å². The van der Waals surface area contributed by atoms with Crippen LogP contribution in [-0.2, 0) is 4.79 Å². The van der Waals surface area contributed by atoms with Gasteiger partial charge in [-0.1, -0.05) is 59.2 Å². The van der Waals surface area contributed by atoms with E-state index in [9.17, 15) is 14.4 Å². The fourth-order valence-corrected chi connectivity index (χ4v) is 4.24. The maximum absolute atomic E-state index is 12.7. The van der Waals surface area contributed by atoms with Crippen LogP contribution < -0.4 is 5.32 Å². The molecule has 0 spiro atoms. The quantitative estimate of drug-likeness (QED) is 0.446. The van der Waals surface area contributed by atoms with Crippen molar-refractivity contribution in [2.75, 3.05) is 0 Å². The summed E-state index contributed by atoms with van der Waals surface area (Å²) in [6, 6.07) is -0.932. The zero-order valence-electron chi connectivity index (χ0n) is 13.2. The van der Waals surface area contributed by atoms with E-state index in [0.29, 0.717) is 0 Å². The molecule has 1 aromatic carbocycles. The number of imide groups is 1. The molecule has 3 rings (SSSR count). The molecule has 1 aliphatic carbocycles. The third kappa shape index (κ3) is 3.01. The second-order valence-electron chi connectivity index (χ2n) is 6.15. The maximum atomic E-state index is 12.7. The summed E-state index contributed by atoms with van der Waals surface area (Å²) in [7, 11) is 0. The number of benzene rings is 1. The number of carbonyl (C=O) groups is 3. The van der Waals surface area contributed by atoms with Gasteiger partial charge >= 0.3 is 0 Å². The van der Waals surface area contributed by atoms with Gasteiger partial charge in [-0.05, 0) is 19.8 Å². The molecule has 1 aromatic rings. The van der Waals surface area contributed by atoms with Crippen LogP contribution in [0.5, 0.6) is 0 Å². The molecule has 5 nitrogen and oxygen atoms in total. The highest BCUT2D eigenvalue weighted by molar-refractivity contribution is 6.55. The minimum atomic E-state index is -1.00. The molecular weight excluding hydrogens is 410 g/mol. The van der Waals surface area contributed by atoms with Gasteiger partial charge in [0.15, 0.2) is 0 Å². The number of nitrogens with one attached hydrogen (secondary N) is 1. The van der Waals surface area contributed by atoms with Gasteiger partial charge in [0.05, 0.1) is 31.2 Å². The van der Waals surface area contributed by atoms with E-state index >= 15 is 0 Å². The van der Waals surface area contributed by atoms with Crippen LogP contribution in [0.4, 0.5) is 0 Å². The summed E-state index contributed by atoms with van der Waals surface area (Å²) < 4.78 is 0. The number of rotatable bonds is 3. The predicted octanol–water partition coefficient (Wildman–Crippen LogP) is 4.34. The highest BCUT2D eigenvalue weighted by Gasteiger charge is 2.45. The van der Waals surface area contributed by atoms with Crippen LogP contribution in [0.3, 0.4) is 0 Å². The molecular formula is C16H14Cl4N2O3. The Morgan fingerprint density at radius 1 is 0.960 bits per heavy atom. The zero-order chi connectivity index (χ0) is 18.5. The summed E-state index contributed by atoms with van der Waals surface area (Å²) in [5, 5.41) is 2.39. The number of halogens is 4. The first kappa shape index (κ1) is 18.8. The van der Waals surface area contributed by atoms with E-state index in [1.165, 1.54) is 6.92 Å². The van der Waals surface area contributed by atoms with Crippen LogP contribution in [0.1, 0.15) is 53.3 Å². The number of hydrogen-bond donors (Lipinski definition) is 1. The summed E-state index contributed by atoms with van der Waals surface area (Å²) in [6.45, 7) is 1.48.